The van der Waals surface area contributed by atoms with Crippen LogP contribution in [0.25, 0.3) is 0 Å². The molecule has 0 aromatic rings. The number of carbonyl (C=O) groups excluding carboxylic acids is 1. The number of rotatable bonds is 9. The van der Waals surface area contributed by atoms with E-state index < -0.39 is 0 Å². The fourth-order valence-electron chi connectivity index (χ4n) is 1.35. The van der Waals surface area contributed by atoms with Crippen molar-refractivity contribution < 1.29 is 4.79 Å². The van der Waals surface area contributed by atoms with Gasteiger partial charge in [0.25, 0.3) is 0 Å². The summed E-state index contributed by atoms with van der Waals surface area (Å²) in [6, 6.07) is 0. The molecule has 0 atom stereocenters. The van der Waals surface area contributed by atoms with Gasteiger partial charge in [-0.25, -0.2) is 0 Å². The lowest BCUT2D eigenvalue weighted by molar-refractivity contribution is -0.117. The van der Waals surface area contributed by atoms with Gasteiger partial charge in [0.1, 0.15) is 5.78 Å². The lowest BCUT2D eigenvalue weighted by Gasteiger charge is -1.99. The first-order chi connectivity index (χ1) is 6.27. The lowest BCUT2D eigenvalue weighted by Crippen LogP contribution is -1.89. The second-order valence-electron chi connectivity index (χ2n) is 3.62. The Hall–Kier alpha value is -0.0400. The third kappa shape index (κ3) is 12.0. The zero-order valence-corrected chi connectivity index (χ0v) is 9.41. The highest BCUT2D eigenvalue weighted by Crippen LogP contribution is 2.08. The van der Waals surface area contributed by atoms with Gasteiger partial charge < -0.3 is 4.79 Å². The zero-order valence-electron chi connectivity index (χ0n) is 8.65. The molecule has 0 spiro atoms. The fraction of sp³-hybridized carbons (Fsp3) is 0.909. The van der Waals surface area contributed by atoms with E-state index in [1.807, 2.05) is 0 Å². The van der Waals surface area contributed by atoms with Crippen molar-refractivity contribution in [1.82, 2.24) is 0 Å². The van der Waals surface area contributed by atoms with Crippen LogP contribution in [0.1, 0.15) is 58.3 Å². The first kappa shape index (κ1) is 13.0. The van der Waals surface area contributed by atoms with Gasteiger partial charge in [0.05, 0.1) is 0 Å². The van der Waals surface area contributed by atoms with Crippen LogP contribution < -0.4 is 0 Å². The van der Waals surface area contributed by atoms with E-state index in [4.69, 9.17) is 11.6 Å². The average molecular weight is 205 g/mol. The number of hydrogen-bond donors (Lipinski definition) is 0. The van der Waals surface area contributed by atoms with Gasteiger partial charge in [-0.15, -0.1) is 11.6 Å². The third-order valence-electron chi connectivity index (χ3n) is 2.16. The number of hydrogen-bond acceptors (Lipinski definition) is 1. The summed E-state index contributed by atoms with van der Waals surface area (Å²) in [6.45, 7) is 1.67. The molecule has 0 aliphatic carbocycles. The maximum atomic E-state index is 10.6. The minimum Gasteiger partial charge on any atom is -0.300 e. The van der Waals surface area contributed by atoms with Gasteiger partial charge >= 0.3 is 0 Å². The highest BCUT2D eigenvalue weighted by molar-refractivity contribution is 6.17. The van der Waals surface area contributed by atoms with E-state index in [0.717, 1.165) is 25.1 Å². The highest BCUT2D eigenvalue weighted by Gasteiger charge is 1.94. The molecular weight excluding hydrogens is 184 g/mol. The van der Waals surface area contributed by atoms with Crippen molar-refractivity contribution in [1.29, 1.82) is 0 Å². The molecule has 0 fully saturated rings. The summed E-state index contributed by atoms with van der Waals surface area (Å²) < 4.78 is 0. The summed E-state index contributed by atoms with van der Waals surface area (Å²) in [6.07, 6.45) is 9.33. The van der Waals surface area contributed by atoms with Crippen LogP contribution in [-0.4, -0.2) is 11.7 Å². The minimum absolute atomic E-state index is 0.321. The van der Waals surface area contributed by atoms with Crippen molar-refractivity contribution in [3.63, 3.8) is 0 Å². The molecule has 0 aliphatic rings. The van der Waals surface area contributed by atoms with E-state index in [0.29, 0.717) is 5.78 Å². The first-order valence-corrected chi connectivity index (χ1v) is 5.86. The van der Waals surface area contributed by atoms with Crippen molar-refractivity contribution in [3.05, 3.63) is 0 Å². The lowest BCUT2D eigenvalue weighted by atomic mass is 10.1. The second kappa shape index (κ2) is 10.0. The Balaban J connectivity index is 2.87. The van der Waals surface area contributed by atoms with Crippen LogP contribution in [0.5, 0.6) is 0 Å². The molecule has 0 bridgehead atoms. The number of halogens is 1. The maximum absolute atomic E-state index is 10.6. The fourth-order valence-corrected chi connectivity index (χ4v) is 1.54. The predicted molar refractivity (Wildman–Crippen MR) is 58.3 cm³/mol. The van der Waals surface area contributed by atoms with Crippen molar-refractivity contribution in [3.8, 4) is 0 Å². The quantitative estimate of drug-likeness (QED) is 0.411. The van der Waals surface area contributed by atoms with Crippen LogP contribution in [0.3, 0.4) is 0 Å². The van der Waals surface area contributed by atoms with E-state index in [1.165, 1.54) is 32.1 Å². The Morgan fingerprint density at radius 1 is 0.923 bits per heavy atom. The topological polar surface area (TPSA) is 17.1 Å². The molecule has 1 nitrogen and oxygen atoms in total. The van der Waals surface area contributed by atoms with E-state index >= 15 is 0 Å². The standard InChI is InChI=1S/C11H21ClO/c1-11(13)9-7-5-3-2-4-6-8-10-12/h2-10H2,1H3. The Labute approximate surface area is 86.9 Å². The molecule has 0 aromatic carbocycles. The Morgan fingerprint density at radius 2 is 1.38 bits per heavy atom. The van der Waals surface area contributed by atoms with E-state index in [1.54, 1.807) is 6.92 Å². The van der Waals surface area contributed by atoms with Crippen LogP contribution in [0.2, 0.25) is 0 Å². The number of alkyl halides is 1. The summed E-state index contributed by atoms with van der Waals surface area (Å²) in [7, 11) is 0. The second-order valence-corrected chi connectivity index (χ2v) is 3.99. The van der Waals surface area contributed by atoms with E-state index in [2.05, 4.69) is 0 Å². The summed E-state index contributed by atoms with van der Waals surface area (Å²) in [5.41, 5.74) is 0. The molecular formula is C11H21ClO. The van der Waals surface area contributed by atoms with Gasteiger partial charge in [-0.05, 0) is 19.8 Å². The van der Waals surface area contributed by atoms with Gasteiger partial charge in [-0.1, -0.05) is 32.1 Å². The highest BCUT2D eigenvalue weighted by atomic mass is 35.5. The van der Waals surface area contributed by atoms with Crippen LogP contribution in [0.15, 0.2) is 0 Å². The average Bonchev–Trinajstić information content (AvgIpc) is 2.09. The maximum Gasteiger partial charge on any atom is 0.129 e. The normalized spacial score (nSPS) is 10.3. The van der Waals surface area contributed by atoms with E-state index in [-0.39, 0.29) is 0 Å². The predicted octanol–water partition coefficient (Wildman–Crippen LogP) is 3.94. The molecule has 0 heterocycles. The molecule has 0 amide bonds. The van der Waals surface area contributed by atoms with E-state index in [9.17, 15) is 4.79 Å². The number of carbonyl (C=O) groups is 1. The van der Waals surface area contributed by atoms with Crippen LogP contribution >= 0.6 is 11.6 Å². The van der Waals surface area contributed by atoms with Crippen molar-refractivity contribution in [2.24, 2.45) is 0 Å². The van der Waals surface area contributed by atoms with Crippen LogP contribution in [0.4, 0.5) is 0 Å². The smallest absolute Gasteiger partial charge is 0.129 e. The molecule has 0 saturated heterocycles. The van der Waals surface area contributed by atoms with Crippen molar-refractivity contribution in [2.75, 3.05) is 5.88 Å². The molecule has 0 aromatic heterocycles. The molecule has 0 aliphatic heterocycles. The summed E-state index contributed by atoms with van der Waals surface area (Å²) >= 11 is 5.56. The molecule has 78 valence electrons. The Morgan fingerprint density at radius 3 is 1.85 bits per heavy atom. The van der Waals surface area contributed by atoms with Crippen LogP contribution in [0, 0.1) is 0 Å². The number of unbranched alkanes of at least 4 members (excludes halogenated alkanes) is 6. The molecule has 0 radical (unpaired) electrons. The first-order valence-electron chi connectivity index (χ1n) is 5.32. The molecule has 0 saturated carbocycles. The molecule has 13 heavy (non-hydrogen) atoms. The largest absolute Gasteiger partial charge is 0.300 e. The van der Waals surface area contributed by atoms with Crippen LogP contribution in [-0.2, 0) is 4.79 Å². The van der Waals surface area contributed by atoms with Gasteiger partial charge in [0.2, 0.25) is 0 Å². The van der Waals surface area contributed by atoms with Gasteiger partial charge in [-0.2, -0.15) is 0 Å². The molecule has 0 rings (SSSR count). The monoisotopic (exact) mass is 204 g/mol. The van der Waals surface area contributed by atoms with Gasteiger partial charge in [0.15, 0.2) is 0 Å². The minimum atomic E-state index is 0.321. The number of Topliss-reactive ketones (excluding diaryl/α,β-unsaturated/α-hetero) is 1. The summed E-state index contributed by atoms with van der Waals surface area (Å²) in [5, 5.41) is 0. The Bertz CT molecular complexity index is 123. The van der Waals surface area contributed by atoms with Crippen molar-refractivity contribution >= 4 is 17.4 Å². The summed E-state index contributed by atoms with van der Waals surface area (Å²) in [5.74, 6) is 1.12. The summed E-state index contributed by atoms with van der Waals surface area (Å²) in [4.78, 5) is 10.6. The Kier molecular flexibility index (Phi) is 10.0. The number of ketones is 1. The SMILES string of the molecule is CC(=O)CCCCCCCCCCl. The molecule has 0 unspecified atom stereocenters. The third-order valence-corrected chi connectivity index (χ3v) is 2.43. The molecule has 0 N–H and O–H groups in total. The van der Waals surface area contributed by atoms with Gasteiger partial charge in [-0.3, -0.25) is 0 Å². The molecule has 2 heteroatoms. The van der Waals surface area contributed by atoms with Gasteiger partial charge in [0, 0.05) is 12.3 Å². The zero-order chi connectivity index (χ0) is 9.94. The van der Waals surface area contributed by atoms with Crippen molar-refractivity contribution in [2.45, 2.75) is 58.3 Å².